The van der Waals surface area contributed by atoms with E-state index in [4.69, 9.17) is 10.9 Å². The van der Waals surface area contributed by atoms with Crippen LogP contribution in [-0.4, -0.2) is 26.9 Å². The molecule has 1 amide bonds. The Morgan fingerprint density at radius 1 is 1.57 bits per heavy atom. The number of aromatic nitrogens is 2. The highest BCUT2D eigenvalue weighted by atomic mass is 16.4. The summed E-state index contributed by atoms with van der Waals surface area (Å²) in [4.78, 5) is 20.0. The molecule has 0 aromatic carbocycles. The molecule has 1 atom stereocenters. The molecule has 1 aromatic rings. The van der Waals surface area contributed by atoms with Crippen LogP contribution in [0.2, 0.25) is 0 Å². The van der Waals surface area contributed by atoms with Gasteiger partial charge in [-0.1, -0.05) is 31.3 Å². The van der Waals surface area contributed by atoms with Crippen LogP contribution in [0.3, 0.4) is 0 Å². The van der Waals surface area contributed by atoms with Crippen molar-refractivity contribution >= 4 is 11.7 Å². The van der Waals surface area contributed by atoms with Gasteiger partial charge in [0.2, 0.25) is 5.91 Å². The van der Waals surface area contributed by atoms with E-state index in [0.29, 0.717) is 19.3 Å². The lowest BCUT2D eigenvalue weighted by Crippen LogP contribution is -2.51. The van der Waals surface area contributed by atoms with Crippen molar-refractivity contribution in [2.24, 2.45) is 16.3 Å². The summed E-state index contributed by atoms with van der Waals surface area (Å²) >= 11 is 0. The first-order chi connectivity index (χ1) is 10.1. The van der Waals surface area contributed by atoms with E-state index in [1.165, 1.54) is 0 Å². The predicted molar refractivity (Wildman–Crippen MR) is 78.7 cm³/mol. The Bertz CT molecular complexity index is 491. The molecule has 7 nitrogen and oxygen atoms in total. The molecule has 1 aliphatic rings. The molecule has 0 bridgehead atoms. The lowest BCUT2D eigenvalue weighted by Gasteiger charge is -2.35. The van der Waals surface area contributed by atoms with Crippen molar-refractivity contribution in [2.75, 3.05) is 0 Å². The number of nitrogens with zero attached hydrogens (tertiary/aromatic N) is 2. The molecule has 0 radical (unpaired) electrons. The molecule has 1 saturated carbocycles. The zero-order valence-electron chi connectivity index (χ0n) is 12.3. The van der Waals surface area contributed by atoms with Gasteiger partial charge in [-0.25, -0.2) is 4.98 Å². The van der Waals surface area contributed by atoms with Gasteiger partial charge < -0.3 is 21.2 Å². The summed E-state index contributed by atoms with van der Waals surface area (Å²) in [6.45, 7) is 1.98. The molecule has 0 saturated heterocycles. The number of carbonyl (C=O) groups is 1. The number of rotatable bonds is 5. The summed E-state index contributed by atoms with van der Waals surface area (Å²) < 4.78 is 0. The molecular formula is C14H23N5O2. The van der Waals surface area contributed by atoms with Crippen LogP contribution in [0.1, 0.15) is 57.3 Å². The number of amides is 1. The van der Waals surface area contributed by atoms with Crippen molar-refractivity contribution in [1.29, 1.82) is 0 Å². The molecule has 5 N–H and O–H groups in total. The van der Waals surface area contributed by atoms with Crippen molar-refractivity contribution < 1.29 is 10.0 Å². The van der Waals surface area contributed by atoms with Crippen molar-refractivity contribution in [1.82, 2.24) is 15.3 Å². The van der Waals surface area contributed by atoms with Crippen LogP contribution in [-0.2, 0) is 4.79 Å². The summed E-state index contributed by atoms with van der Waals surface area (Å²) in [6, 6.07) is -0.196. The van der Waals surface area contributed by atoms with Gasteiger partial charge in [-0.3, -0.25) is 4.79 Å². The Morgan fingerprint density at radius 2 is 2.29 bits per heavy atom. The molecule has 0 spiro atoms. The summed E-state index contributed by atoms with van der Waals surface area (Å²) in [6.07, 6.45) is 8.21. The molecule has 2 rings (SSSR count). The second-order valence-corrected chi connectivity index (χ2v) is 5.54. The fourth-order valence-electron chi connectivity index (χ4n) is 2.98. The van der Waals surface area contributed by atoms with E-state index in [9.17, 15) is 4.79 Å². The lowest BCUT2D eigenvalue weighted by atomic mass is 9.72. The largest absolute Gasteiger partial charge is 0.409 e. The van der Waals surface area contributed by atoms with Crippen LogP contribution in [0, 0.1) is 5.41 Å². The molecule has 1 fully saturated rings. The summed E-state index contributed by atoms with van der Waals surface area (Å²) in [7, 11) is 0. The lowest BCUT2D eigenvalue weighted by molar-refractivity contribution is -0.129. The molecule has 7 heteroatoms. The van der Waals surface area contributed by atoms with E-state index in [1.54, 1.807) is 12.4 Å². The van der Waals surface area contributed by atoms with Crippen molar-refractivity contribution in [3.8, 4) is 0 Å². The van der Waals surface area contributed by atoms with Gasteiger partial charge in [0.25, 0.3) is 0 Å². The standard InChI is InChI=1S/C14H23N5O2/c1-2-10(11-16-8-9-17-11)18-13(20)14(12(15)19-21)6-4-3-5-7-14/h8-10,21H,2-7H2,1H3,(H2,15,19)(H,16,17)(H,18,20). The molecule has 1 aliphatic carbocycles. The average molecular weight is 293 g/mol. The number of hydrogen-bond donors (Lipinski definition) is 4. The molecular weight excluding hydrogens is 270 g/mol. The minimum absolute atomic E-state index is 0.00833. The maximum absolute atomic E-state index is 12.8. The quantitative estimate of drug-likeness (QED) is 0.286. The maximum Gasteiger partial charge on any atom is 0.234 e. The van der Waals surface area contributed by atoms with Gasteiger partial charge in [-0.2, -0.15) is 0 Å². The highest BCUT2D eigenvalue weighted by molar-refractivity contribution is 6.06. The number of H-pyrrole nitrogens is 1. The third-order valence-electron chi connectivity index (χ3n) is 4.30. The minimum atomic E-state index is -0.896. The van der Waals surface area contributed by atoms with Crippen LogP contribution in [0.4, 0.5) is 0 Å². The number of nitrogens with one attached hydrogen (secondary N) is 2. The molecule has 1 unspecified atom stereocenters. The van der Waals surface area contributed by atoms with Gasteiger partial charge in [0, 0.05) is 12.4 Å². The zero-order chi connectivity index (χ0) is 15.3. The number of aromatic amines is 1. The van der Waals surface area contributed by atoms with E-state index in [-0.39, 0.29) is 17.8 Å². The maximum atomic E-state index is 12.8. The Morgan fingerprint density at radius 3 is 2.81 bits per heavy atom. The van der Waals surface area contributed by atoms with E-state index in [0.717, 1.165) is 25.1 Å². The van der Waals surface area contributed by atoms with Gasteiger partial charge in [0.1, 0.15) is 11.2 Å². The van der Waals surface area contributed by atoms with Crippen molar-refractivity contribution in [3.05, 3.63) is 18.2 Å². The van der Waals surface area contributed by atoms with E-state index < -0.39 is 5.41 Å². The highest BCUT2D eigenvalue weighted by Crippen LogP contribution is 2.37. The topological polar surface area (TPSA) is 116 Å². The van der Waals surface area contributed by atoms with E-state index in [1.807, 2.05) is 6.92 Å². The van der Waals surface area contributed by atoms with Crippen LogP contribution in [0.25, 0.3) is 0 Å². The van der Waals surface area contributed by atoms with Gasteiger partial charge >= 0.3 is 0 Å². The van der Waals surface area contributed by atoms with Gasteiger partial charge in [-0.15, -0.1) is 0 Å². The van der Waals surface area contributed by atoms with Crippen LogP contribution < -0.4 is 11.1 Å². The van der Waals surface area contributed by atoms with Crippen molar-refractivity contribution in [3.63, 3.8) is 0 Å². The van der Waals surface area contributed by atoms with Crippen LogP contribution in [0.15, 0.2) is 17.5 Å². The smallest absolute Gasteiger partial charge is 0.234 e. The molecule has 0 aliphatic heterocycles. The SMILES string of the molecule is CCC(NC(=O)C1(/C(N)=N/O)CCCCC1)c1ncc[nH]1. The number of carbonyl (C=O) groups excluding carboxylic acids is 1. The number of amidine groups is 1. The molecule has 116 valence electrons. The summed E-state index contributed by atoms with van der Waals surface area (Å²) in [5.41, 5.74) is 4.94. The number of oxime groups is 1. The number of nitrogens with two attached hydrogens (primary N) is 1. The molecule has 1 aromatic heterocycles. The van der Waals surface area contributed by atoms with Crippen LogP contribution >= 0.6 is 0 Å². The number of imidazole rings is 1. The zero-order valence-corrected chi connectivity index (χ0v) is 12.3. The summed E-state index contributed by atoms with van der Waals surface area (Å²) in [5.74, 6) is 0.547. The van der Waals surface area contributed by atoms with Gasteiger partial charge in [0.05, 0.1) is 6.04 Å². The predicted octanol–water partition coefficient (Wildman–Crippen LogP) is 1.67. The van der Waals surface area contributed by atoms with E-state index in [2.05, 4.69) is 20.4 Å². The number of hydrogen-bond acceptors (Lipinski definition) is 4. The first-order valence-corrected chi connectivity index (χ1v) is 7.42. The normalized spacial score (nSPS) is 20.0. The fourth-order valence-corrected chi connectivity index (χ4v) is 2.98. The second kappa shape index (κ2) is 6.60. The fraction of sp³-hybridized carbons (Fsp3) is 0.643. The first-order valence-electron chi connectivity index (χ1n) is 7.42. The first kappa shape index (κ1) is 15.3. The summed E-state index contributed by atoms with van der Waals surface area (Å²) in [5, 5.41) is 15.1. The third kappa shape index (κ3) is 3.01. The van der Waals surface area contributed by atoms with Crippen LogP contribution in [0.5, 0.6) is 0 Å². The average Bonchev–Trinajstić information content (AvgIpc) is 3.06. The third-order valence-corrected chi connectivity index (χ3v) is 4.30. The Kier molecular flexibility index (Phi) is 4.82. The second-order valence-electron chi connectivity index (χ2n) is 5.54. The van der Waals surface area contributed by atoms with E-state index >= 15 is 0 Å². The van der Waals surface area contributed by atoms with Crippen molar-refractivity contribution in [2.45, 2.75) is 51.5 Å². The Balaban J connectivity index is 2.18. The van der Waals surface area contributed by atoms with Gasteiger partial charge in [-0.05, 0) is 19.3 Å². The Labute approximate surface area is 124 Å². The highest BCUT2D eigenvalue weighted by Gasteiger charge is 2.44. The monoisotopic (exact) mass is 293 g/mol. The van der Waals surface area contributed by atoms with Gasteiger partial charge in [0.15, 0.2) is 5.84 Å². The minimum Gasteiger partial charge on any atom is -0.409 e. The Hall–Kier alpha value is -2.05. The molecule has 1 heterocycles. The molecule has 21 heavy (non-hydrogen) atoms.